The van der Waals surface area contributed by atoms with Crippen molar-refractivity contribution in [3.63, 3.8) is 0 Å². The number of hydrogen-bond donors (Lipinski definition) is 2. The summed E-state index contributed by atoms with van der Waals surface area (Å²) in [5.74, 6) is -1.57. The average molecular weight is 186 g/mol. The summed E-state index contributed by atoms with van der Waals surface area (Å²) in [7, 11) is 0. The molecule has 1 aliphatic rings. The van der Waals surface area contributed by atoms with E-state index in [2.05, 4.69) is 4.74 Å². The molecule has 5 nitrogen and oxygen atoms in total. The van der Waals surface area contributed by atoms with Gasteiger partial charge in [-0.05, 0) is 0 Å². The van der Waals surface area contributed by atoms with Crippen molar-refractivity contribution in [1.29, 1.82) is 0 Å². The summed E-state index contributed by atoms with van der Waals surface area (Å²) >= 11 is 0. The van der Waals surface area contributed by atoms with Gasteiger partial charge in [0.25, 0.3) is 0 Å². The number of carboxylic acid groups (broad SMARTS) is 1. The molecule has 1 fully saturated rings. The average Bonchev–Trinajstić information content (AvgIpc) is 2.64. The Labute approximate surface area is 106 Å². The van der Waals surface area contributed by atoms with Gasteiger partial charge >= 0.3 is 51.4 Å². The molecule has 0 aromatic carbocycles. The minimum atomic E-state index is -1.61. The van der Waals surface area contributed by atoms with E-state index >= 15 is 0 Å². The summed E-state index contributed by atoms with van der Waals surface area (Å²) in [6.07, 6.45) is -2.93. The predicted molar refractivity (Wildman–Crippen MR) is 26.8 cm³/mol. The molecule has 0 aliphatic carbocycles. The topological polar surface area (TPSA) is 93.1 Å². The summed E-state index contributed by atoms with van der Waals surface area (Å²) in [5, 5.41) is 26.9. The fourth-order valence-electron chi connectivity index (χ4n) is 0.715. The van der Waals surface area contributed by atoms with Crippen molar-refractivity contribution in [2.75, 3.05) is 6.61 Å². The van der Waals surface area contributed by atoms with Crippen molar-refractivity contribution >= 4 is 5.97 Å². The first-order valence-electron chi connectivity index (χ1n) is 2.82. The zero-order chi connectivity index (χ0) is 7.72. The molecule has 58 valence electrons. The number of aliphatic hydroxyl groups excluding tert-OH is 2. The van der Waals surface area contributed by atoms with Crippen LogP contribution < -0.4 is 56.5 Å². The van der Waals surface area contributed by atoms with Crippen LogP contribution in [0.15, 0.2) is 0 Å². The predicted octanol–water partition coefficient (Wildman–Crippen LogP) is -6.14. The molecule has 0 radical (unpaired) electrons. The smallest absolute Gasteiger partial charge is 0.547 e. The van der Waals surface area contributed by atoms with Gasteiger partial charge in [-0.1, -0.05) is 0 Å². The number of aliphatic carboxylic acids is 1. The maximum atomic E-state index is 9.92. The maximum Gasteiger partial charge on any atom is 1.00 e. The second-order valence-corrected chi connectivity index (χ2v) is 2.09. The van der Waals surface area contributed by atoms with Gasteiger partial charge in [0.15, 0.2) is 0 Å². The number of carbonyl (C=O) groups is 1. The fourth-order valence-corrected chi connectivity index (χ4v) is 0.715. The standard InChI is InChI=1S/C5H8O5.K/c6-1-2-4(10-2)3(7)5(8)9;/h2-4,6-7H,1H2,(H,8,9);/q;+1/p-1/t2-,3+,4+;/m0./s1. The Kier molecular flexibility index (Phi) is 5.32. The van der Waals surface area contributed by atoms with Crippen molar-refractivity contribution in [2.24, 2.45) is 0 Å². The van der Waals surface area contributed by atoms with E-state index in [1.165, 1.54) is 0 Å². The van der Waals surface area contributed by atoms with E-state index in [0.29, 0.717) is 0 Å². The third-order valence-corrected chi connectivity index (χ3v) is 1.35. The fraction of sp³-hybridized carbons (Fsp3) is 0.800. The van der Waals surface area contributed by atoms with E-state index < -0.39 is 24.3 Å². The molecule has 0 amide bonds. The third kappa shape index (κ3) is 3.07. The van der Waals surface area contributed by atoms with Crippen LogP contribution in [0.4, 0.5) is 0 Å². The van der Waals surface area contributed by atoms with Crippen LogP contribution in [0.5, 0.6) is 0 Å². The molecule has 0 saturated carbocycles. The van der Waals surface area contributed by atoms with Gasteiger partial charge < -0.3 is 24.9 Å². The minimum absolute atomic E-state index is 0. The summed E-state index contributed by atoms with van der Waals surface area (Å²) in [6.45, 7) is -0.269. The van der Waals surface area contributed by atoms with Crippen LogP contribution in [0, 0.1) is 0 Å². The normalized spacial score (nSPS) is 30.4. The van der Waals surface area contributed by atoms with Crippen molar-refractivity contribution in [3.05, 3.63) is 0 Å². The van der Waals surface area contributed by atoms with Crippen LogP contribution in [0.3, 0.4) is 0 Å². The van der Waals surface area contributed by atoms with Crippen LogP contribution >= 0.6 is 0 Å². The molecule has 0 spiro atoms. The number of ether oxygens (including phenoxy) is 1. The number of aliphatic hydroxyl groups is 2. The zero-order valence-corrected chi connectivity index (χ0v) is 9.18. The molecule has 11 heavy (non-hydrogen) atoms. The van der Waals surface area contributed by atoms with Gasteiger partial charge in [0.2, 0.25) is 0 Å². The number of hydrogen-bond acceptors (Lipinski definition) is 5. The molecule has 1 rings (SSSR count). The van der Waals surface area contributed by atoms with Gasteiger partial charge in [-0.2, -0.15) is 0 Å². The SMILES string of the molecule is O=C([O-])[C@H](O)[C@@H]1O[C@H]1CO.[K+]. The molecule has 6 heteroatoms. The largest absolute Gasteiger partial charge is 1.00 e. The van der Waals surface area contributed by atoms with Crippen molar-refractivity contribution < 1.29 is 76.2 Å². The minimum Gasteiger partial charge on any atom is -0.547 e. The molecule has 2 N–H and O–H groups in total. The third-order valence-electron chi connectivity index (χ3n) is 1.35. The maximum absolute atomic E-state index is 9.92. The second-order valence-electron chi connectivity index (χ2n) is 2.09. The zero-order valence-electron chi connectivity index (χ0n) is 6.06. The van der Waals surface area contributed by atoms with Crippen molar-refractivity contribution in [2.45, 2.75) is 18.3 Å². The van der Waals surface area contributed by atoms with Gasteiger partial charge in [-0.15, -0.1) is 0 Å². The molecular weight excluding hydrogens is 179 g/mol. The van der Waals surface area contributed by atoms with E-state index in [1.807, 2.05) is 0 Å². The van der Waals surface area contributed by atoms with Gasteiger partial charge in [-0.3, -0.25) is 0 Å². The van der Waals surface area contributed by atoms with E-state index in [9.17, 15) is 9.90 Å². The van der Waals surface area contributed by atoms with Gasteiger partial charge in [0.1, 0.15) is 18.3 Å². The molecular formula is C5H7KO5. The first-order valence-corrected chi connectivity index (χ1v) is 2.82. The van der Waals surface area contributed by atoms with E-state index in [-0.39, 0.29) is 58.0 Å². The van der Waals surface area contributed by atoms with Crippen LogP contribution in [-0.2, 0) is 9.53 Å². The number of carbonyl (C=O) groups excluding carboxylic acids is 1. The Bertz CT molecular complexity index is 150. The molecule has 0 unspecified atom stereocenters. The molecule has 1 aliphatic heterocycles. The Hall–Kier alpha value is 0.986. The summed E-state index contributed by atoms with van der Waals surface area (Å²) in [4.78, 5) is 9.92. The Morgan fingerprint density at radius 2 is 2.27 bits per heavy atom. The van der Waals surface area contributed by atoms with E-state index in [0.717, 1.165) is 0 Å². The molecule has 0 aromatic heterocycles. The molecule has 0 bridgehead atoms. The van der Waals surface area contributed by atoms with Crippen LogP contribution in [0.1, 0.15) is 0 Å². The summed E-state index contributed by atoms with van der Waals surface area (Å²) in [5.41, 5.74) is 0. The molecule has 3 atom stereocenters. The van der Waals surface area contributed by atoms with Crippen molar-refractivity contribution in [3.8, 4) is 0 Å². The van der Waals surface area contributed by atoms with Gasteiger partial charge in [-0.25, -0.2) is 0 Å². The second kappa shape index (κ2) is 4.88. The van der Waals surface area contributed by atoms with Crippen LogP contribution in [0.25, 0.3) is 0 Å². The molecule has 1 saturated heterocycles. The van der Waals surface area contributed by atoms with E-state index in [4.69, 9.17) is 10.2 Å². The quantitative estimate of drug-likeness (QED) is 0.338. The van der Waals surface area contributed by atoms with Gasteiger partial charge in [0, 0.05) is 0 Å². The van der Waals surface area contributed by atoms with Crippen LogP contribution in [0.2, 0.25) is 0 Å². The van der Waals surface area contributed by atoms with Crippen LogP contribution in [-0.4, -0.2) is 41.1 Å². The molecule has 0 aromatic rings. The summed E-state index contributed by atoms with van der Waals surface area (Å²) < 4.78 is 4.57. The van der Waals surface area contributed by atoms with Gasteiger partial charge in [0.05, 0.1) is 12.6 Å². The Morgan fingerprint density at radius 3 is 2.55 bits per heavy atom. The monoisotopic (exact) mass is 186 g/mol. The number of carboxylic acids is 1. The molecule has 1 heterocycles. The number of epoxide rings is 1. The first kappa shape index (κ1) is 12.0. The first-order chi connectivity index (χ1) is 4.66. The van der Waals surface area contributed by atoms with Crippen molar-refractivity contribution in [1.82, 2.24) is 0 Å². The number of rotatable bonds is 3. The summed E-state index contributed by atoms with van der Waals surface area (Å²) in [6, 6.07) is 0. The Balaban J connectivity index is 0.000001000. The van der Waals surface area contributed by atoms with E-state index in [1.54, 1.807) is 0 Å². The Morgan fingerprint density at radius 1 is 1.73 bits per heavy atom.